The first kappa shape index (κ1) is 30.2. The first-order valence-corrected chi connectivity index (χ1v) is 14.8. The van der Waals surface area contributed by atoms with Crippen molar-refractivity contribution in [3.63, 3.8) is 0 Å². The number of aliphatic hydroxyl groups excluding tert-OH is 1. The number of carbonyl (C=O) groups is 3. The summed E-state index contributed by atoms with van der Waals surface area (Å²) in [5.74, 6) is -3.65. The number of Topliss-reactive ketones (excluding diaryl/α,β-unsaturated/α-hetero) is 2. The van der Waals surface area contributed by atoms with E-state index in [2.05, 4.69) is 0 Å². The minimum atomic E-state index is -0.889. The molecule has 0 saturated carbocycles. The van der Waals surface area contributed by atoms with Crippen molar-refractivity contribution >= 4 is 39.4 Å². The van der Waals surface area contributed by atoms with Crippen LogP contribution in [-0.4, -0.2) is 66.3 Å². The summed E-state index contributed by atoms with van der Waals surface area (Å²) < 4.78 is 17.3. The predicted octanol–water partition coefficient (Wildman–Crippen LogP) is 5.36. The maximum atomic E-state index is 13.8. The van der Waals surface area contributed by atoms with E-state index in [1.807, 2.05) is 0 Å². The molecule has 0 radical (unpaired) electrons. The van der Waals surface area contributed by atoms with Gasteiger partial charge in [-0.05, 0) is 25.0 Å². The van der Waals surface area contributed by atoms with Gasteiger partial charge in [0.1, 0.15) is 40.3 Å². The highest BCUT2D eigenvalue weighted by molar-refractivity contribution is 6.28. The van der Waals surface area contributed by atoms with E-state index in [9.17, 15) is 29.7 Å². The van der Waals surface area contributed by atoms with Gasteiger partial charge in [0.25, 0.3) is 0 Å². The number of ether oxygens (including phenoxy) is 3. The Bertz CT molecular complexity index is 1900. The third-order valence-electron chi connectivity index (χ3n) is 9.38. The number of ketones is 3. The Balaban J connectivity index is 1.86. The number of aliphatic imine (C=N–C) groups is 1. The summed E-state index contributed by atoms with van der Waals surface area (Å²) in [7, 11) is 4.27. The molecule has 45 heavy (non-hydrogen) atoms. The Morgan fingerprint density at radius 2 is 1.67 bits per heavy atom. The maximum Gasteiger partial charge on any atom is 0.189 e. The summed E-state index contributed by atoms with van der Waals surface area (Å²) in [5.41, 5.74) is 3.21. The van der Waals surface area contributed by atoms with E-state index < -0.39 is 23.5 Å². The van der Waals surface area contributed by atoms with Gasteiger partial charge < -0.3 is 29.5 Å². The van der Waals surface area contributed by atoms with Crippen LogP contribution in [0.15, 0.2) is 51.4 Å². The predicted molar refractivity (Wildman–Crippen MR) is 167 cm³/mol. The number of phenolic OH excluding ortho intramolecular Hbond substituents is 2. The second-order valence-corrected chi connectivity index (χ2v) is 12.1. The van der Waals surface area contributed by atoms with Crippen molar-refractivity contribution in [2.45, 2.75) is 46.0 Å². The Labute approximate surface area is 260 Å². The summed E-state index contributed by atoms with van der Waals surface area (Å²) in [6.07, 6.45) is 3.23. The van der Waals surface area contributed by atoms with E-state index in [4.69, 9.17) is 19.2 Å². The number of allylic oxidation sites excluding steroid dienone is 7. The van der Waals surface area contributed by atoms with Crippen LogP contribution in [0.1, 0.15) is 62.6 Å². The molecule has 3 unspecified atom stereocenters. The van der Waals surface area contributed by atoms with Crippen LogP contribution in [0.2, 0.25) is 0 Å². The quantitative estimate of drug-likeness (QED) is 0.357. The molecule has 10 heteroatoms. The smallest absolute Gasteiger partial charge is 0.189 e. The molecule has 0 aliphatic heterocycles. The van der Waals surface area contributed by atoms with E-state index in [1.54, 1.807) is 26.8 Å². The largest absolute Gasteiger partial charge is 0.507 e. The number of benzene rings is 2. The number of nitrogens with zero attached hydrogens (tertiary/aromatic N) is 1. The molecule has 0 heterocycles. The lowest BCUT2D eigenvalue weighted by molar-refractivity contribution is -0.121. The van der Waals surface area contributed by atoms with Crippen molar-refractivity contribution in [1.82, 2.24) is 0 Å². The number of methoxy groups -OCH3 is 3. The van der Waals surface area contributed by atoms with Gasteiger partial charge in [-0.1, -0.05) is 25.5 Å². The number of carbonyl (C=O) groups excluding carboxylic acids is 3. The van der Waals surface area contributed by atoms with E-state index in [0.29, 0.717) is 44.6 Å². The van der Waals surface area contributed by atoms with Crippen LogP contribution in [0.5, 0.6) is 23.0 Å². The fraction of sp³-hybridized carbons (Fsp3) is 0.371. The molecule has 0 amide bonds. The second-order valence-electron chi connectivity index (χ2n) is 12.1. The number of phenols is 2. The Morgan fingerprint density at radius 3 is 2.27 bits per heavy atom. The molecule has 234 valence electrons. The standard InChI is InChI=1S/C35H35NO9/c1-13(2)17(38)8-9-36-32-16-10-14(3)22(15(4)37)31-29-23(16)28-24(33(32)41)18(39)11-20(43-5)26(28)27-21(44-6)12-19(40)25(30(27)29)34(42)35(31)45-7/h10-13,22,26,28,40-42H,8-9H2,1-7H3. The first-order valence-electron chi connectivity index (χ1n) is 14.8. The molecule has 2 aromatic rings. The highest BCUT2D eigenvalue weighted by atomic mass is 16.5. The summed E-state index contributed by atoms with van der Waals surface area (Å²) in [5, 5.41) is 35.4. The van der Waals surface area contributed by atoms with Crippen LogP contribution in [0.4, 0.5) is 0 Å². The zero-order chi connectivity index (χ0) is 32.6. The third-order valence-corrected chi connectivity index (χ3v) is 9.38. The van der Waals surface area contributed by atoms with Crippen molar-refractivity contribution in [2.75, 3.05) is 27.9 Å². The number of hydrogen-bond donors (Lipinski definition) is 3. The molecule has 0 saturated heterocycles. The molecule has 4 aliphatic rings. The molecular weight excluding hydrogens is 578 g/mol. The van der Waals surface area contributed by atoms with Gasteiger partial charge in [-0.2, -0.15) is 0 Å². The Kier molecular flexibility index (Phi) is 7.14. The summed E-state index contributed by atoms with van der Waals surface area (Å²) >= 11 is 0. The van der Waals surface area contributed by atoms with Crippen LogP contribution in [-0.2, 0) is 19.1 Å². The molecule has 0 spiro atoms. The lowest BCUT2D eigenvalue weighted by Crippen LogP contribution is -2.37. The van der Waals surface area contributed by atoms with Crippen molar-refractivity contribution in [2.24, 2.45) is 16.8 Å². The molecule has 6 rings (SSSR count). The minimum Gasteiger partial charge on any atom is -0.507 e. The topological polar surface area (TPSA) is 152 Å². The molecule has 3 N–H and O–H groups in total. The zero-order valence-corrected chi connectivity index (χ0v) is 26.2. The van der Waals surface area contributed by atoms with Crippen LogP contribution in [0, 0.1) is 11.8 Å². The number of hydrogen-bond acceptors (Lipinski definition) is 10. The van der Waals surface area contributed by atoms with Crippen molar-refractivity contribution < 1.29 is 43.9 Å². The van der Waals surface area contributed by atoms with E-state index in [1.165, 1.54) is 40.4 Å². The van der Waals surface area contributed by atoms with E-state index >= 15 is 0 Å². The Morgan fingerprint density at radius 1 is 0.956 bits per heavy atom. The lowest BCUT2D eigenvalue weighted by Gasteiger charge is -2.44. The highest BCUT2D eigenvalue weighted by Gasteiger charge is 2.53. The summed E-state index contributed by atoms with van der Waals surface area (Å²) in [6, 6.07) is 1.38. The third kappa shape index (κ3) is 4.07. The van der Waals surface area contributed by atoms with Crippen LogP contribution in [0.25, 0.3) is 16.3 Å². The molecule has 0 fully saturated rings. The van der Waals surface area contributed by atoms with Crippen molar-refractivity contribution in [3.8, 4) is 23.0 Å². The van der Waals surface area contributed by atoms with Gasteiger partial charge in [0.05, 0.1) is 44.1 Å². The molecule has 0 bridgehead atoms. The second kappa shape index (κ2) is 10.6. The molecule has 4 aliphatic carbocycles. The SMILES string of the molecule is COC1=CC(=O)C2=C(O)C(=NCCC(=O)C(C)C)C3=C4c5c(c(OC)c(O)c6c(O)cc(OC)c(c56)C1C24)C(C(C)=O)C(C)=C3. The average molecular weight is 614 g/mol. The molecular formula is C35H35NO9. The van der Waals surface area contributed by atoms with Gasteiger partial charge in [0.15, 0.2) is 17.3 Å². The van der Waals surface area contributed by atoms with Crippen LogP contribution >= 0.6 is 0 Å². The van der Waals surface area contributed by atoms with E-state index in [-0.39, 0.29) is 75.9 Å². The molecule has 0 aromatic heterocycles. The lowest BCUT2D eigenvalue weighted by atomic mass is 9.59. The number of fused-ring (bicyclic) bond motifs is 1. The minimum absolute atomic E-state index is 0.00460. The average Bonchev–Trinajstić information content (AvgIpc) is 3.12. The fourth-order valence-corrected chi connectivity index (χ4v) is 7.51. The fourth-order valence-electron chi connectivity index (χ4n) is 7.51. The van der Waals surface area contributed by atoms with Crippen LogP contribution in [0.3, 0.4) is 0 Å². The number of rotatable bonds is 8. The van der Waals surface area contributed by atoms with Gasteiger partial charge in [0.2, 0.25) is 0 Å². The molecule has 2 aromatic carbocycles. The Hall–Kier alpha value is -4.86. The molecule has 10 nitrogen and oxygen atoms in total. The first-order chi connectivity index (χ1) is 21.4. The summed E-state index contributed by atoms with van der Waals surface area (Å²) in [6.45, 7) is 6.89. The monoisotopic (exact) mass is 613 g/mol. The van der Waals surface area contributed by atoms with Crippen LogP contribution < -0.4 is 9.47 Å². The van der Waals surface area contributed by atoms with Gasteiger partial charge in [-0.3, -0.25) is 19.4 Å². The zero-order valence-electron chi connectivity index (χ0n) is 26.2. The molecule has 3 atom stereocenters. The normalized spacial score (nSPS) is 22.4. The number of aromatic hydroxyl groups is 2. The number of aliphatic hydroxyl groups is 1. The van der Waals surface area contributed by atoms with Crippen molar-refractivity contribution in [1.29, 1.82) is 0 Å². The van der Waals surface area contributed by atoms with Gasteiger partial charge in [-0.25, -0.2) is 0 Å². The van der Waals surface area contributed by atoms with Gasteiger partial charge in [0, 0.05) is 59.0 Å². The van der Waals surface area contributed by atoms with Crippen molar-refractivity contribution in [3.05, 3.63) is 63.1 Å². The maximum absolute atomic E-state index is 13.8. The highest BCUT2D eigenvalue weighted by Crippen LogP contribution is 2.65. The van der Waals surface area contributed by atoms with Gasteiger partial charge >= 0.3 is 0 Å². The van der Waals surface area contributed by atoms with E-state index in [0.717, 1.165) is 0 Å². The van der Waals surface area contributed by atoms with Gasteiger partial charge in [-0.15, -0.1) is 0 Å². The summed E-state index contributed by atoms with van der Waals surface area (Å²) in [4.78, 5) is 44.4.